The number of aryl methyl sites for hydroxylation is 1. The molecule has 0 aliphatic heterocycles. The van der Waals surface area contributed by atoms with E-state index in [0.29, 0.717) is 6.54 Å². The monoisotopic (exact) mass is 316 g/mol. The zero-order valence-electron chi connectivity index (χ0n) is 13.7. The van der Waals surface area contributed by atoms with Gasteiger partial charge >= 0.3 is 0 Å². The van der Waals surface area contributed by atoms with E-state index in [1.807, 2.05) is 32.0 Å². The number of aliphatic hydroxyl groups is 1. The van der Waals surface area contributed by atoms with Crippen molar-refractivity contribution in [1.82, 2.24) is 9.88 Å². The summed E-state index contributed by atoms with van der Waals surface area (Å²) in [7, 11) is 0. The van der Waals surface area contributed by atoms with Crippen LogP contribution in [0.15, 0.2) is 28.9 Å². The second kappa shape index (κ2) is 6.62. The first-order valence-electron chi connectivity index (χ1n) is 8.22. The number of aliphatic hydroxyl groups excluding tert-OH is 1. The third-order valence-electron chi connectivity index (χ3n) is 4.74. The van der Waals surface area contributed by atoms with Gasteiger partial charge in [-0.2, -0.15) is 0 Å². The number of furan rings is 1. The molecule has 0 aromatic carbocycles. The number of rotatable bonds is 4. The number of carbonyl (C=O) groups is 1. The van der Waals surface area contributed by atoms with Crippen LogP contribution < -0.4 is 5.32 Å². The largest absolute Gasteiger partial charge is 0.467 e. The molecule has 0 radical (unpaired) electrons. The number of aromatic nitrogens is 1. The van der Waals surface area contributed by atoms with Crippen LogP contribution in [-0.2, 0) is 6.54 Å². The number of hydrogen-bond donors (Lipinski definition) is 2. The van der Waals surface area contributed by atoms with E-state index >= 15 is 0 Å². The van der Waals surface area contributed by atoms with Gasteiger partial charge in [-0.15, -0.1) is 0 Å². The first-order chi connectivity index (χ1) is 11.0. The second-order valence-electron chi connectivity index (χ2n) is 6.43. The molecule has 1 fully saturated rings. The molecule has 23 heavy (non-hydrogen) atoms. The van der Waals surface area contributed by atoms with Gasteiger partial charge in [0, 0.05) is 17.4 Å². The third-order valence-corrected chi connectivity index (χ3v) is 4.74. The normalized spacial score (nSPS) is 21.3. The maximum absolute atomic E-state index is 12.6. The van der Waals surface area contributed by atoms with Crippen LogP contribution in [0.1, 0.15) is 53.2 Å². The summed E-state index contributed by atoms with van der Waals surface area (Å²) in [6.45, 7) is 4.60. The summed E-state index contributed by atoms with van der Waals surface area (Å²) in [5, 5.41) is 12.7. The summed E-state index contributed by atoms with van der Waals surface area (Å²) in [6, 6.07) is 5.91. The van der Waals surface area contributed by atoms with Crippen molar-refractivity contribution in [3.63, 3.8) is 0 Å². The predicted octanol–water partition coefficient (Wildman–Crippen LogP) is 2.78. The van der Waals surface area contributed by atoms with E-state index in [2.05, 4.69) is 9.88 Å². The van der Waals surface area contributed by atoms with E-state index in [4.69, 9.17) is 4.42 Å². The Morgan fingerprint density at radius 2 is 2.09 bits per heavy atom. The summed E-state index contributed by atoms with van der Waals surface area (Å²) < 4.78 is 7.50. The number of amides is 1. The molecule has 1 aliphatic rings. The molecule has 0 saturated heterocycles. The lowest BCUT2D eigenvalue weighted by atomic mass is 9.93. The van der Waals surface area contributed by atoms with Crippen molar-refractivity contribution in [2.45, 2.75) is 58.2 Å². The summed E-state index contributed by atoms with van der Waals surface area (Å²) >= 11 is 0. The Morgan fingerprint density at radius 1 is 1.35 bits per heavy atom. The minimum absolute atomic E-state index is 0.0230. The van der Waals surface area contributed by atoms with E-state index < -0.39 is 0 Å². The summed E-state index contributed by atoms with van der Waals surface area (Å²) in [5.41, 5.74) is 2.72. The highest BCUT2D eigenvalue weighted by Gasteiger charge is 2.23. The first kappa shape index (κ1) is 15.9. The lowest BCUT2D eigenvalue weighted by Crippen LogP contribution is -2.38. The van der Waals surface area contributed by atoms with Crippen LogP contribution >= 0.6 is 0 Å². The maximum Gasteiger partial charge on any atom is 0.253 e. The Hall–Kier alpha value is -2.01. The smallest absolute Gasteiger partial charge is 0.253 e. The molecular formula is C18H24N2O3. The minimum Gasteiger partial charge on any atom is -0.467 e. The van der Waals surface area contributed by atoms with E-state index in [9.17, 15) is 9.90 Å². The first-order valence-corrected chi connectivity index (χ1v) is 8.22. The quantitative estimate of drug-likeness (QED) is 0.911. The van der Waals surface area contributed by atoms with Crippen molar-refractivity contribution in [3.05, 3.63) is 47.2 Å². The highest BCUT2D eigenvalue weighted by Crippen LogP contribution is 2.21. The fraction of sp³-hybridized carbons (Fsp3) is 0.500. The highest BCUT2D eigenvalue weighted by atomic mass is 16.3. The Labute approximate surface area is 136 Å². The van der Waals surface area contributed by atoms with Gasteiger partial charge < -0.3 is 19.4 Å². The van der Waals surface area contributed by atoms with Crippen LogP contribution in [0.3, 0.4) is 0 Å². The predicted molar refractivity (Wildman–Crippen MR) is 87.4 cm³/mol. The van der Waals surface area contributed by atoms with Gasteiger partial charge in [-0.1, -0.05) is 0 Å². The Bertz CT molecular complexity index is 665. The van der Waals surface area contributed by atoms with Gasteiger partial charge in [-0.05, 0) is 57.7 Å². The molecule has 2 aromatic rings. The number of nitrogens with zero attached hydrogens (tertiary/aromatic N) is 1. The molecule has 124 valence electrons. The summed E-state index contributed by atoms with van der Waals surface area (Å²) in [6.07, 6.45) is 4.68. The van der Waals surface area contributed by atoms with Crippen LogP contribution in [0.25, 0.3) is 0 Å². The van der Waals surface area contributed by atoms with Gasteiger partial charge in [0.2, 0.25) is 0 Å². The molecule has 1 saturated carbocycles. The van der Waals surface area contributed by atoms with Crippen molar-refractivity contribution < 1.29 is 14.3 Å². The molecule has 1 amide bonds. The lowest BCUT2D eigenvalue weighted by molar-refractivity contribution is 0.0867. The average molecular weight is 316 g/mol. The van der Waals surface area contributed by atoms with Crippen LogP contribution in [0.4, 0.5) is 0 Å². The molecule has 0 bridgehead atoms. The molecule has 2 heterocycles. The van der Waals surface area contributed by atoms with E-state index in [1.165, 1.54) is 0 Å². The van der Waals surface area contributed by atoms with Crippen molar-refractivity contribution in [3.8, 4) is 0 Å². The summed E-state index contributed by atoms with van der Waals surface area (Å²) in [5.74, 6) is 0.852. The molecule has 2 N–H and O–H groups in total. The minimum atomic E-state index is -0.207. The molecule has 2 aromatic heterocycles. The lowest BCUT2D eigenvalue weighted by Gasteiger charge is -2.26. The van der Waals surface area contributed by atoms with Gasteiger partial charge in [0.1, 0.15) is 5.76 Å². The molecule has 0 atom stereocenters. The number of carbonyl (C=O) groups excluding carboxylic acids is 1. The third kappa shape index (κ3) is 3.50. The topological polar surface area (TPSA) is 67.4 Å². The Morgan fingerprint density at radius 3 is 2.74 bits per heavy atom. The maximum atomic E-state index is 12.6. The van der Waals surface area contributed by atoms with Gasteiger partial charge in [0.25, 0.3) is 5.91 Å². The molecule has 5 nitrogen and oxygen atoms in total. The fourth-order valence-corrected chi connectivity index (χ4v) is 3.32. The molecule has 0 spiro atoms. The van der Waals surface area contributed by atoms with Gasteiger partial charge in [-0.25, -0.2) is 0 Å². The van der Waals surface area contributed by atoms with Crippen molar-refractivity contribution >= 4 is 5.91 Å². The van der Waals surface area contributed by atoms with Crippen LogP contribution in [0.2, 0.25) is 0 Å². The zero-order chi connectivity index (χ0) is 16.4. The second-order valence-corrected chi connectivity index (χ2v) is 6.43. The van der Waals surface area contributed by atoms with Gasteiger partial charge in [0.15, 0.2) is 0 Å². The van der Waals surface area contributed by atoms with Gasteiger partial charge in [-0.3, -0.25) is 4.79 Å². The van der Waals surface area contributed by atoms with E-state index in [0.717, 1.165) is 48.4 Å². The van der Waals surface area contributed by atoms with Crippen LogP contribution in [0.5, 0.6) is 0 Å². The SMILES string of the molecule is Cc1cc(C(=O)NC2CCC(O)CC2)c(C)n1Cc1ccco1. The van der Waals surface area contributed by atoms with Crippen molar-refractivity contribution in [2.24, 2.45) is 0 Å². The Balaban J connectivity index is 1.71. The van der Waals surface area contributed by atoms with Crippen molar-refractivity contribution in [1.29, 1.82) is 0 Å². The molecule has 3 rings (SSSR count). The molecule has 1 aliphatic carbocycles. The van der Waals surface area contributed by atoms with Crippen LogP contribution in [-0.4, -0.2) is 27.7 Å². The molecular weight excluding hydrogens is 292 g/mol. The number of hydrogen-bond acceptors (Lipinski definition) is 3. The van der Waals surface area contributed by atoms with Crippen molar-refractivity contribution in [2.75, 3.05) is 0 Å². The average Bonchev–Trinajstić information content (AvgIpc) is 3.13. The highest BCUT2D eigenvalue weighted by molar-refractivity contribution is 5.95. The zero-order valence-corrected chi connectivity index (χ0v) is 13.7. The molecule has 5 heteroatoms. The van der Waals surface area contributed by atoms with Gasteiger partial charge in [0.05, 0.1) is 24.5 Å². The summed E-state index contributed by atoms with van der Waals surface area (Å²) in [4.78, 5) is 12.6. The standard InChI is InChI=1S/C18H24N2O3/c1-12-10-17(13(2)20(12)11-16-4-3-9-23-16)18(22)19-14-5-7-15(21)8-6-14/h3-4,9-10,14-15,21H,5-8,11H2,1-2H3,(H,19,22). The Kier molecular flexibility index (Phi) is 4.57. The van der Waals surface area contributed by atoms with Crippen LogP contribution in [0, 0.1) is 13.8 Å². The van der Waals surface area contributed by atoms with E-state index in [-0.39, 0.29) is 18.1 Å². The molecule has 0 unspecified atom stereocenters. The fourth-order valence-electron chi connectivity index (χ4n) is 3.32. The van der Waals surface area contributed by atoms with E-state index in [1.54, 1.807) is 6.26 Å². The number of nitrogens with one attached hydrogen (secondary N) is 1.